The van der Waals surface area contributed by atoms with E-state index in [-0.39, 0.29) is 12.3 Å². The van der Waals surface area contributed by atoms with E-state index in [0.717, 1.165) is 5.56 Å². The van der Waals surface area contributed by atoms with Crippen LogP contribution >= 0.6 is 0 Å². The van der Waals surface area contributed by atoms with Crippen LogP contribution < -0.4 is 5.32 Å². The van der Waals surface area contributed by atoms with Gasteiger partial charge < -0.3 is 10.4 Å². The summed E-state index contributed by atoms with van der Waals surface area (Å²) < 4.78 is 35.3. The molecule has 5 heteroatoms. The molecule has 0 aliphatic carbocycles. The molecule has 2 nitrogen and oxygen atoms in total. The number of phenols is 1. The van der Waals surface area contributed by atoms with Crippen LogP contribution in [0.3, 0.4) is 0 Å². The van der Waals surface area contributed by atoms with Gasteiger partial charge in [0.25, 0.3) is 0 Å². The third-order valence-corrected chi connectivity index (χ3v) is 1.82. The van der Waals surface area contributed by atoms with E-state index < -0.39 is 12.6 Å². The quantitative estimate of drug-likeness (QED) is 0.762. The van der Waals surface area contributed by atoms with Gasteiger partial charge in [0.05, 0.1) is 6.42 Å². The van der Waals surface area contributed by atoms with Gasteiger partial charge in [0.15, 0.2) is 0 Å². The van der Waals surface area contributed by atoms with E-state index in [0.29, 0.717) is 6.54 Å². The lowest BCUT2D eigenvalue weighted by atomic mass is 10.2. The minimum Gasteiger partial charge on any atom is -0.508 e. The first-order valence-electron chi connectivity index (χ1n) is 4.53. The van der Waals surface area contributed by atoms with Gasteiger partial charge in [-0.1, -0.05) is 12.1 Å². The largest absolute Gasteiger partial charge is 0.508 e. The average molecular weight is 219 g/mol. The number of rotatable bonds is 4. The molecule has 0 spiro atoms. The number of benzene rings is 1. The summed E-state index contributed by atoms with van der Waals surface area (Å²) >= 11 is 0. The van der Waals surface area contributed by atoms with Crippen molar-refractivity contribution in [1.82, 2.24) is 5.32 Å². The molecule has 1 aromatic carbocycles. The second kappa shape index (κ2) is 5.02. The van der Waals surface area contributed by atoms with Gasteiger partial charge in [0.2, 0.25) is 0 Å². The molecule has 0 radical (unpaired) electrons. The molecular formula is C10H12F3NO. The molecule has 0 amide bonds. The molecule has 1 rings (SSSR count). The smallest absolute Gasteiger partial charge is 0.390 e. The zero-order valence-electron chi connectivity index (χ0n) is 8.01. The summed E-state index contributed by atoms with van der Waals surface area (Å²) in [6, 6.07) is 6.41. The summed E-state index contributed by atoms with van der Waals surface area (Å²) in [5.41, 5.74) is 0.761. The Balaban J connectivity index is 2.26. The molecule has 0 aromatic heterocycles. The summed E-state index contributed by atoms with van der Waals surface area (Å²) in [7, 11) is 0. The molecule has 1 aromatic rings. The zero-order valence-corrected chi connectivity index (χ0v) is 8.01. The number of nitrogens with one attached hydrogen (secondary N) is 1. The van der Waals surface area contributed by atoms with Crippen LogP contribution in [0.25, 0.3) is 0 Å². The van der Waals surface area contributed by atoms with Crippen molar-refractivity contribution >= 4 is 0 Å². The van der Waals surface area contributed by atoms with Crippen LogP contribution in [-0.2, 0) is 6.54 Å². The second-order valence-corrected chi connectivity index (χ2v) is 3.21. The zero-order chi connectivity index (χ0) is 11.3. The first-order chi connectivity index (χ1) is 6.97. The van der Waals surface area contributed by atoms with E-state index in [2.05, 4.69) is 5.32 Å². The van der Waals surface area contributed by atoms with Gasteiger partial charge in [-0.15, -0.1) is 0 Å². The maximum atomic E-state index is 11.8. The number of phenolic OH excluding ortho intramolecular Hbond substituents is 1. The van der Waals surface area contributed by atoms with Crippen molar-refractivity contribution in [3.63, 3.8) is 0 Å². The van der Waals surface area contributed by atoms with Gasteiger partial charge in [0.1, 0.15) is 5.75 Å². The van der Waals surface area contributed by atoms with Gasteiger partial charge in [-0.05, 0) is 17.7 Å². The Hall–Kier alpha value is -1.23. The lowest BCUT2D eigenvalue weighted by molar-refractivity contribution is -0.133. The molecule has 0 heterocycles. The van der Waals surface area contributed by atoms with E-state index in [4.69, 9.17) is 5.11 Å². The fraction of sp³-hybridized carbons (Fsp3) is 0.400. The molecule has 0 unspecified atom stereocenters. The van der Waals surface area contributed by atoms with Crippen LogP contribution in [0.4, 0.5) is 13.2 Å². The maximum Gasteiger partial charge on any atom is 0.390 e. The van der Waals surface area contributed by atoms with E-state index in [9.17, 15) is 13.2 Å². The summed E-state index contributed by atoms with van der Waals surface area (Å²) in [4.78, 5) is 0. The first-order valence-corrected chi connectivity index (χ1v) is 4.53. The molecule has 2 N–H and O–H groups in total. The van der Waals surface area contributed by atoms with Gasteiger partial charge in [-0.25, -0.2) is 0 Å². The topological polar surface area (TPSA) is 32.3 Å². The molecule has 15 heavy (non-hydrogen) atoms. The average Bonchev–Trinajstić information content (AvgIpc) is 2.11. The maximum absolute atomic E-state index is 11.8. The first kappa shape index (κ1) is 11.8. The monoisotopic (exact) mass is 219 g/mol. The highest BCUT2D eigenvalue weighted by Gasteiger charge is 2.25. The van der Waals surface area contributed by atoms with Gasteiger partial charge in [0, 0.05) is 13.1 Å². The Kier molecular flexibility index (Phi) is 3.96. The molecule has 0 aliphatic rings. The Bertz CT molecular complexity index is 312. The van der Waals surface area contributed by atoms with Crippen LogP contribution in [-0.4, -0.2) is 17.8 Å². The van der Waals surface area contributed by atoms with Crippen LogP contribution in [0.15, 0.2) is 24.3 Å². The fourth-order valence-corrected chi connectivity index (χ4v) is 1.13. The molecule has 0 aliphatic heterocycles. The van der Waals surface area contributed by atoms with Crippen LogP contribution in [0.5, 0.6) is 5.75 Å². The molecule has 0 saturated heterocycles. The normalized spacial score (nSPS) is 11.7. The minimum absolute atomic E-state index is 0.112. The van der Waals surface area contributed by atoms with Crippen molar-refractivity contribution < 1.29 is 18.3 Å². The second-order valence-electron chi connectivity index (χ2n) is 3.21. The molecule has 0 bridgehead atoms. The number of aromatic hydroxyl groups is 1. The fourth-order valence-electron chi connectivity index (χ4n) is 1.13. The number of halogens is 3. The van der Waals surface area contributed by atoms with Crippen molar-refractivity contribution in [1.29, 1.82) is 0 Å². The van der Waals surface area contributed by atoms with Crippen LogP contribution in [0, 0.1) is 0 Å². The van der Waals surface area contributed by atoms with Crippen molar-refractivity contribution in [2.75, 3.05) is 6.54 Å². The third-order valence-electron chi connectivity index (χ3n) is 1.82. The lowest BCUT2D eigenvalue weighted by Gasteiger charge is -2.07. The molecular weight excluding hydrogens is 207 g/mol. The third kappa shape index (κ3) is 5.27. The standard InChI is InChI=1S/C10H12F3NO/c11-10(12,13)4-5-14-7-8-2-1-3-9(15)6-8/h1-3,6,14-15H,4-5,7H2. The van der Waals surface area contributed by atoms with Gasteiger partial charge in [-0.3, -0.25) is 0 Å². The lowest BCUT2D eigenvalue weighted by Crippen LogP contribution is -2.21. The highest BCUT2D eigenvalue weighted by molar-refractivity contribution is 5.26. The molecule has 84 valence electrons. The Labute approximate surface area is 85.7 Å². The summed E-state index contributed by atoms with van der Waals surface area (Å²) in [5.74, 6) is 0.116. The number of hydrogen-bond acceptors (Lipinski definition) is 2. The predicted molar refractivity (Wildman–Crippen MR) is 50.5 cm³/mol. The minimum atomic E-state index is -4.12. The van der Waals surface area contributed by atoms with E-state index >= 15 is 0 Å². The van der Waals surface area contributed by atoms with Crippen molar-refractivity contribution in [2.24, 2.45) is 0 Å². The number of hydrogen-bond donors (Lipinski definition) is 2. The van der Waals surface area contributed by atoms with Gasteiger partial charge in [-0.2, -0.15) is 13.2 Å². The van der Waals surface area contributed by atoms with Crippen LogP contribution in [0.1, 0.15) is 12.0 Å². The molecule has 0 saturated carbocycles. The Morgan fingerprint density at radius 3 is 2.60 bits per heavy atom. The Morgan fingerprint density at radius 2 is 2.00 bits per heavy atom. The van der Waals surface area contributed by atoms with Gasteiger partial charge >= 0.3 is 6.18 Å². The highest BCUT2D eigenvalue weighted by Crippen LogP contribution is 2.18. The van der Waals surface area contributed by atoms with E-state index in [1.54, 1.807) is 12.1 Å². The Morgan fingerprint density at radius 1 is 1.27 bits per heavy atom. The summed E-state index contributed by atoms with van der Waals surface area (Å²) in [5, 5.41) is 11.7. The van der Waals surface area contributed by atoms with Crippen molar-refractivity contribution in [2.45, 2.75) is 19.1 Å². The van der Waals surface area contributed by atoms with Crippen molar-refractivity contribution in [3.05, 3.63) is 29.8 Å². The summed E-state index contributed by atoms with van der Waals surface area (Å²) in [6.07, 6.45) is -4.96. The van der Waals surface area contributed by atoms with Crippen molar-refractivity contribution in [3.8, 4) is 5.75 Å². The SMILES string of the molecule is Oc1cccc(CNCCC(F)(F)F)c1. The molecule has 0 fully saturated rings. The summed E-state index contributed by atoms with van der Waals surface area (Å²) in [6.45, 7) is 0.212. The highest BCUT2D eigenvalue weighted by atomic mass is 19.4. The van der Waals surface area contributed by atoms with E-state index in [1.165, 1.54) is 12.1 Å². The number of alkyl halides is 3. The van der Waals surface area contributed by atoms with E-state index in [1.807, 2.05) is 0 Å². The van der Waals surface area contributed by atoms with Crippen LogP contribution in [0.2, 0.25) is 0 Å². The molecule has 0 atom stereocenters. The predicted octanol–water partition coefficient (Wildman–Crippen LogP) is 2.43.